The van der Waals surface area contributed by atoms with E-state index in [0.717, 1.165) is 0 Å². The molecule has 70 valence electrons. The first kappa shape index (κ1) is 9.75. The van der Waals surface area contributed by atoms with E-state index in [-0.39, 0.29) is 17.6 Å². The van der Waals surface area contributed by atoms with Gasteiger partial charge in [0.1, 0.15) is 6.10 Å². The zero-order valence-corrected chi connectivity index (χ0v) is 8.29. The molecule has 0 aliphatic carbocycles. The molecule has 1 heterocycles. The topological polar surface area (TPSA) is 32.8 Å². The van der Waals surface area contributed by atoms with Crippen LogP contribution in [0.4, 0.5) is 0 Å². The molecule has 1 rings (SSSR count). The number of hydrogen-bond donors (Lipinski definition) is 1. The molecule has 1 fully saturated rings. The van der Waals surface area contributed by atoms with E-state index in [0.29, 0.717) is 0 Å². The SMILES string of the molecule is C=CC(C)(C)[C@@H]1O[C@H]1C(C)(C)O. The summed E-state index contributed by atoms with van der Waals surface area (Å²) in [5.74, 6) is 0. The van der Waals surface area contributed by atoms with E-state index in [1.54, 1.807) is 13.8 Å². The van der Waals surface area contributed by atoms with Crippen LogP contribution in [-0.2, 0) is 4.74 Å². The molecule has 1 aliphatic rings. The third kappa shape index (κ3) is 1.70. The van der Waals surface area contributed by atoms with Crippen LogP contribution >= 0.6 is 0 Å². The molecule has 12 heavy (non-hydrogen) atoms. The Morgan fingerprint density at radius 1 is 1.25 bits per heavy atom. The fourth-order valence-electron chi connectivity index (χ4n) is 1.33. The molecule has 1 aliphatic heterocycles. The third-order valence-electron chi connectivity index (χ3n) is 2.45. The maximum Gasteiger partial charge on any atom is 0.113 e. The van der Waals surface area contributed by atoms with Crippen LogP contribution in [0.15, 0.2) is 12.7 Å². The smallest absolute Gasteiger partial charge is 0.113 e. The van der Waals surface area contributed by atoms with Gasteiger partial charge in [0, 0.05) is 5.41 Å². The molecule has 0 bridgehead atoms. The quantitative estimate of drug-likeness (QED) is 0.517. The maximum atomic E-state index is 9.63. The molecule has 1 saturated heterocycles. The van der Waals surface area contributed by atoms with Crippen molar-refractivity contribution >= 4 is 0 Å². The van der Waals surface area contributed by atoms with Crippen molar-refractivity contribution in [1.29, 1.82) is 0 Å². The summed E-state index contributed by atoms with van der Waals surface area (Å²) in [4.78, 5) is 0. The lowest BCUT2D eigenvalue weighted by molar-refractivity contribution is 0.0482. The molecule has 0 radical (unpaired) electrons. The maximum absolute atomic E-state index is 9.63. The summed E-state index contributed by atoms with van der Waals surface area (Å²) >= 11 is 0. The lowest BCUT2D eigenvalue weighted by Gasteiger charge is -2.19. The van der Waals surface area contributed by atoms with Gasteiger partial charge in [0.2, 0.25) is 0 Å². The Balaban J connectivity index is 2.59. The van der Waals surface area contributed by atoms with Crippen LogP contribution in [0.2, 0.25) is 0 Å². The van der Waals surface area contributed by atoms with Crippen molar-refractivity contribution in [2.45, 2.75) is 45.5 Å². The predicted octanol–water partition coefficient (Wildman–Crippen LogP) is 1.74. The molecular formula is C10H18O2. The van der Waals surface area contributed by atoms with Gasteiger partial charge < -0.3 is 9.84 Å². The molecule has 2 heteroatoms. The van der Waals surface area contributed by atoms with E-state index < -0.39 is 5.60 Å². The Morgan fingerprint density at radius 3 is 2.00 bits per heavy atom. The Bertz CT molecular complexity index is 189. The molecule has 1 N–H and O–H groups in total. The van der Waals surface area contributed by atoms with Crippen LogP contribution < -0.4 is 0 Å². The van der Waals surface area contributed by atoms with Crippen molar-refractivity contribution in [3.05, 3.63) is 12.7 Å². The van der Waals surface area contributed by atoms with E-state index in [4.69, 9.17) is 4.74 Å². The highest BCUT2D eigenvalue weighted by Gasteiger charge is 2.54. The van der Waals surface area contributed by atoms with Gasteiger partial charge in [-0.05, 0) is 13.8 Å². The lowest BCUT2D eigenvalue weighted by atomic mass is 9.84. The van der Waals surface area contributed by atoms with Crippen LogP contribution in [0.1, 0.15) is 27.7 Å². The van der Waals surface area contributed by atoms with Crippen LogP contribution in [-0.4, -0.2) is 22.9 Å². The second-order valence-corrected chi connectivity index (χ2v) is 4.66. The van der Waals surface area contributed by atoms with Crippen LogP contribution in [0.5, 0.6) is 0 Å². The Labute approximate surface area is 74.2 Å². The van der Waals surface area contributed by atoms with Crippen molar-refractivity contribution in [1.82, 2.24) is 0 Å². The second kappa shape index (κ2) is 2.57. The van der Waals surface area contributed by atoms with Crippen molar-refractivity contribution < 1.29 is 9.84 Å². The summed E-state index contributed by atoms with van der Waals surface area (Å²) in [6, 6.07) is 0. The lowest BCUT2D eigenvalue weighted by Crippen LogP contribution is -2.32. The largest absolute Gasteiger partial charge is 0.388 e. The highest BCUT2D eigenvalue weighted by Crippen LogP contribution is 2.43. The van der Waals surface area contributed by atoms with E-state index in [1.165, 1.54) is 0 Å². The van der Waals surface area contributed by atoms with Crippen molar-refractivity contribution in [2.75, 3.05) is 0 Å². The molecule has 0 amide bonds. The van der Waals surface area contributed by atoms with E-state index in [1.807, 2.05) is 6.08 Å². The third-order valence-corrected chi connectivity index (χ3v) is 2.45. The van der Waals surface area contributed by atoms with Gasteiger partial charge in [-0.25, -0.2) is 0 Å². The van der Waals surface area contributed by atoms with Crippen LogP contribution in [0, 0.1) is 5.41 Å². The standard InChI is InChI=1S/C10H18O2/c1-6-9(2,3)7-8(12-7)10(4,5)11/h6-8,11H,1H2,2-5H3/t7-,8-/m1/s1. The van der Waals surface area contributed by atoms with Crippen LogP contribution in [0.3, 0.4) is 0 Å². The monoisotopic (exact) mass is 170 g/mol. The highest BCUT2D eigenvalue weighted by molar-refractivity contribution is 5.08. The van der Waals surface area contributed by atoms with Gasteiger partial charge in [-0.1, -0.05) is 19.9 Å². The highest BCUT2D eigenvalue weighted by atomic mass is 16.6. The van der Waals surface area contributed by atoms with Gasteiger partial charge in [-0.2, -0.15) is 0 Å². The van der Waals surface area contributed by atoms with E-state index in [2.05, 4.69) is 20.4 Å². The molecule has 0 saturated carbocycles. The van der Waals surface area contributed by atoms with Gasteiger partial charge in [0.15, 0.2) is 0 Å². The fourth-order valence-corrected chi connectivity index (χ4v) is 1.33. The summed E-state index contributed by atoms with van der Waals surface area (Å²) in [6.45, 7) is 11.4. The Kier molecular flexibility index (Phi) is 2.09. The molecular weight excluding hydrogens is 152 g/mol. The molecule has 0 spiro atoms. The first-order chi connectivity index (χ1) is 5.29. The minimum atomic E-state index is -0.731. The normalized spacial score (nSPS) is 30.1. The van der Waals surface area contributed by atoms with Crippen molar-refractivity contribution in [3.8, 4) is 0 Å². The average molecular weight is 170 g/mol. The summed E-state index contributed by atoms with van der Waals surface area (Å²) in [5.41, 5.74) is -0.768. The molecule has 0 aromatic rings. The minimum absolute atomic E-state index is 0.0366. The predicted molar refractivity (Wildman–Crippen MR) is 48.9 cm³/mol. The fraction of sp³-hybridized carbons (Fsp3) is 0.800. The van der Waals surface area contributed by atoms with Crippen molar-refractivity contribution in [2.24, 2.45) is 5.41 Å². The van der Waals surface area contributed by atoms with Gasteiger partial charge in [0.25, 0.3) is 0 Å². The first-order valence-corrected chi connectivity index (χ1v) is 4.30. The molecule has 0 unspecified atom stereocenters. The van der Waals surface area contributed by atoms with Crippen molar-refractivity contribution in [3.63, 3.8) is 0 Å². The second-order valence-electron chi connectivity index (χ2n) is 4.66. The summed E-state index contributed by atoms with van der Waals surface area (Å²) in [7, 11) is 0. The van der Waals surface area contributed by atoms with Gasteiger partial charge >= 0.3 is 0 Å². The van der Waals surface area contributed by atoms with E-state index >= 15 is 0 Å². The molecule has 2 atom stereocenters. The summed E-state index contributed by atoms with van der Waals surface area (Å²) in [5, 5.41) is 9.63. The number of rotatable bonds is 3. The number of epoxide rings is 1. The number of ether oxygens (including phenoxy) is 1. The molecule has 0 aromatic heterocycles. The Morgan fingerprint density at radius 2 is 1.75 bits per heavy atom. The van der Waals surface area contributed by atoms with E-state index in [9.17, 15) is 5.11 Å². The summed E-state index contributed by atoms with van der Waals surface area (Å²) in [6.07, 6.45) is 1.96. The molecule has 0 aromatic carbocycles. The van der Waals surface area contributed by atoms with Gasteiger partial charge in [-0.3, -0.25) is 0 Å². The first-order valence-electron chi connectivity index (χ1n) is 4.30. The molecule has 2 nitrogen and oxygen atoms in total. The zero-order chi connectivity index (χ0) is 9.57. The summed E-state index contributed by atoms with van der Waals surface area (Å²) < 4.78 is 5.42. The number of aliphatic hydroxyl groups is 1. The van der Waals surface area contributed by atoms with Gasteiger partial charge in [-0.15, -0.1) is 6.58 Å². The van der Waals surface area contributed by atoms with Crippen LogP contribution in [0.25, 0.3) is 0 Å². The Hall–Kier alpha value is -0.340. The van der Waals surface area contributed by atoms with Gasteiger partial charge in [0.05, 0.1) is 11.7 Å². The zero-order valence-electron chi connectivity index (χ0n) is 8.29. The average Bonchev–Trinajstić information content (AvgIpc) is 2.63. The number of hydrogen-bond acceptors (Lipinski definition) is 2. The minimum Gasteiger partial charge on any atom is -0.388 e.